The Morgan fingerprint density at radius 2 is 1.27 bits per heavy atom. The highest BCUT2D eigenvalue weighted by molar-refractivity contribution is 6.75. The van der Waals surface area contributed by atoms with Crippen LogP contribution in [-0.4, -0.2) is 28.3 Å². The van der Waals surface area contributed by atoms with E-state index in [2.05, 4.69) is 51.1 Å². The van der Waals surface area contributed by atoms with Gasteiger partial charge in [0.1, 0.15) is 8.24 Å². The number of hydrogen-bond donors (Lipinski definition) is 0. The Balaban J connectivity index is 3.99. The van der Waals surface area contributed by atoms with Crippen LogP contribution in [0.1, 0.15) is 0 Å². The summed E-state index contributed by atoms with van der Waals surface area (Å²) in [6, 6.07) is 0. The Kier molecular flexibility index (Phi) is 3.50. The van der Waals surface area contributed by atoms with E-state index in [0.29, 0.717) is 0 Å². The van der Waals surface area contributed by atoms with Gasteiger partial charge in [-0.15, -0.1) is 0 Å². The van der Waals surface area contributed by atoms with Crippen molar-refractivity contribution in [2.75, 3.05) is 7.05 Å². The molecule has 2 nitrogen and oxygen atoms in total. The van der Waals surface area contributed by atoms with Crippen LogP contribution < -0.4 is 0 Å². The molecular formula is C7H21NOSi2. The van der Waals surface area contributed by atoms with Crippen molar-refractivity contribution in [3.05, 3.63) is 0 Å². The average molecular weight is 191 g/mol. The average Bonchev–Trinajstić information content (AvgIpc) is 1.56. The molecule has 0 aliphatic carbocycles. The summed E-state index contributed by atoms with van der Waals surface area (Å²) in [6.45, 7) is 13.5. The van der Waals surface area contributed by atoms with Crippen molar-refractivity contribution in [1.29, 1.82) is 0 Å². The summed E-state index contributed by atoms with van der Waals surface area (Å²) in [6.07, 6.45) is 0. The summed E-state index contributed by atoms with van der Waals surface area (Å²) in [4.78, 5) is 0. The first-order chi connectivity index (χ1) is 4.63. The topological polar surface area (TPSA) is 12.5 Å². The molecule has 0 aliphatic rings. The highest BCUT2D eigenvalue weighted by atomic mass is 28.4. The molecule has 0 N–H and O–H groups in total. The number of hydroxylamine groups is 1. The van der Waals surface area contributed by atoms with Gasteiger partial charge in [0.2, 0.25) is 8.32 Å². The molecule has 0 saturated carbocycles. The SMILES string of the molecule is CN(O[Si](C)(C)C)[Si](C)(C)C. The van der Waals surface area contributed by atoms with Gasteiger partial charge in [0.15, 0.2) is 0 Å². The molecule has 68 valence electrons. The first-order valence-corrected chi connectivity index (χ1v) is 10.9. The van der Waals surface area contributed by atoms with Gasteiger partial charge in [-0.3, -0.25) is 0 Å². The molecule has 0 fully saturated rings. The van der Waals surface area contributed by atoms with Gasteiger partial charge >= 0.3 is 0 Å². The second-order valence-corrected chi connectivity index (χ2v) is 14.3. The predicted octanol–water partition coefficient (Wildman–Crippen LogP) is 2.52. The van der Waals surface area contributed by atoms with Crippen LogP contribution in [0.25, 0.3) is 0 Å². The molecule has 0 rings (SSSR count). The second-order valence-electron chi connectivity index (χ2n) is 4.87. The quantitative estimate of drug-likeness (QED) is 0.502. The highest BCUT2D eigenvalue weighted by Gasteiger charge is 2.26. The molecule has 0 spiro atoms. The van der Waals surface area contributed by atoms with Gasteiger partial charge in [-0.25, -0.2) is 4.73 Å². The van der Waals surface area contributed by atoms with Gasteiger partial charge in [-0.2, -0.15) is 0 Å². The van der Waals surface area contributed by atoms with E-state index >= 15 is 0 Å². The molecule has 0 unspecified atom stereocenters. The van der Waals surface area contributed by atoms with Crippen LogP contribution >= 0.6 is 0 Å². The Morgan fingerprint density at radius 1 is 0.909 bits per heavy atom. The normalized spacial score (nSPS) is 14.2. The van der Waals surface area contributed by atoms with E-state index in [1.807, 2.05) is 0 Å². The fraction of sp³-hybridized carbons (Fsp3) is 1.00. The molecule has 0 aromatic rings. The number of rotatable bonds is 3. The summed E-state index contributed by atoms with van der Waals surface area (Å²) >= 11 is 0. The van der Waals surface area contributed by atoms with Gasteiger partial charge in [0, 0.05) is 7.05 Å². The standard InChI is InChI=1S/C7H21NOSi2/c1-8(10(2,3)4)9-11(5,6)7/h1-7H3. The minimum atomic E-state index is -1.37. The van der Waals surface area contributed by atoms with Crippen LogP contribution in [-0.2, 0) is 4.53 Å². The zero-order valence-corrected chi connectivity index (χ0v) is 10.9. The minimum Gasteiger partial charge on any atom is -0.350 e. The Hall–Kier alpha value is 0.354. The van der Waals surface area contributed by atoms with E-state index in [9.17, 15) is 0 Å². The fourth-order valence-electron chi connectivity index (χ4n) is 0.548. The van der Waals surface area contributed by atoms with Crippen molar-refractivity contribution >= 4 is 16.6 Å². The Bertz CT molecular complexity index is 125. The first-order valence-electron chi connectivity index (χ1n) is 4.06. The molecular weight excluding hydrogens is 170 g/mol. The summed E-state index contributed by atoms with van der Waals surface area (Å²) in [5.74, 6) is 0. The van der Waals surface area contributed by atoms with Crippen LogP contribution in [0.15, 0.2) is 0 Å². The van der Waals surface area contributed by atoms with E-state index in [0.717, 1.165) is 0 Å². The molecule has 0 aliphatic heterocycles. The summed E-state index contributed by atoms with van der Waals surface area (Å²) in [5, 5.41) is 0. The molecule has 0 heterocycles. The van der Waals surface area contributed by atoms with Crippen LogP contribution in [0.3, 0.4) is 0 Å². The molecule has 11 heavy (non-hydrogen) atoms. The zero-order valence-electron chi connectivity index (χ0n) is 8.86. The molecule has 4 heteroatoms. The highest BCUT2D eigenvalue weighted by Crippen LogP contribution is 2.12. The maximum Gasteiger partial charge on any atom is 0.210 e. The second kappa shape index (κ2) is 3.39. The molecule has 0 aromatic heterocycles. The van der Waals surface area contributed by atoms with Crippen molar-refractivity contribution in [2.45, 2.75) is 39.3 Å². The fourth-order valence-corrected chi connectivity index (χ4v) is 3.29. The summed E-state index contributed by atoms with van der Waals surface area (Å²) in [7, 11) is -0.534. The van der Waals surface area contributed by atoms with Crippen molar-refractivity contribution in [1.82, 2.24) is 4.73 Å². The van der Waals surface area contributed by atoms with E-state index in [4.69, 9.17) is 4.53 Å². The first kappa shape index (κ1) is 11.4. The van der Waals surface area contributed by atoms with Crippen molar-refractivity contribution in [3.63, 3.8) is 0 Å². The smallest absolute Gasteiger partial charge is 0.210 e. The molecule has 0 saturated heterocycles. The number of hydrogen-bond acceptors (Lipinski definition) is 2. The largest absolute Gasteiger partial charge is 0.350 e. The predicted molar refractivity (Wildman–Crippen MR) is 55.5 cm³/mol. The van der Waals surface area contributed by atoms with Gasteiger partial charge in [-0.1, -0.05) is 19.6 Å². The van der Waals surface area contributed by atoms with Gasteiger partial charge in [0.25, 0.3) is 0 Å². The minimum absolute atomic E-state index is 1.22. The molecule has 0 aromatic carbocycles. The van der Waals surface area contributed by atoms with E-state index < -0.39 is 16.6 Å². The summed E-state index contributed by atoms with van der Waals surface area (Å²) < 4.78 is 7.93. The molecule has 0 bridgehead atoms. The lowest BCUT2D eigenvalue weighted by atomic mass is 11.5. The lowest BCUT2D eigenvalue weighted by Gasteiger charge is -2.34. The van der Waals surface area contributed by atoms with Crippen molar-refractivity contribution in [3.8, 4) is 0 Å². The van der Waals surface area contributed by atoms with Gasteiger partial charge < -0.3 is 4.53 Å². The summed E-state index contributed by atoms with van der Waals surface area (Å²) in [5.41, 5.74) is 0. The van der Waals surface area contributed by atoms with E-state index in [-0.39, 0.29) is 0 Å². The third-order valence-corrected chi connectivity index (χ3v) is 4.34. The Morgan fingerprint density at radius 3 is 1.36 bits per heavy atom. The van der Waals surface area contributed by atoms with Crippen molar-refractivity contribution < 1.29 is 4.53 Å². The molecule has 0 radical (unpaired) electrons. The third-order valence-electron chi connectivity index (χ3n) is 1.36. The van der Waals surface area contributed by atoms with Crippen LogP contribution in [0, 0.1) is 0 Å². The molecule has 0 amide bonds. The van der Waals surface area contributed by atoms with Crippen LogP contribution in [0.4, 0.5) is 0 Å². The van der Waals surface area contributed by atoms with Crippen LogP contribution in [0.5, 0.6) is 0 Å². The van der Waals surface area contributed by atoms with Crippen LogP contribution in [0.2, 0.25) is 39.3 Å². The number of nitrogens with zero attached hydrogens (tertiary/aromatic N) is 1. The van der Waals surface area contributed by atoms with Gasteiger partial charge in [0.05, 0.1) is 0 Å². The molecule has 0 atom stereocenters. The van der Waals surface area contributed by atoms with E-state index in [1.54, 1.807) is 0 Å². The van der Waals surface area contributed by atoms with Gasteiger partial charge in [-0.05, 0) is 19.6 Å². The lowest BCUT2D eigenvalue weighted by molar-refractivity contribution is 0.0417. The third kappa shape index (κ3) is 5.61. The monoisotopic (exact) mass is 191 g/mol. The Labute approximate surface area is 72.7 Å². The van der Waals surface area contributed by atoms with E-state index in [1.165, 1.54) is 0 Å². The lowest BCUT2D eigenvalue weighted by Crippen LogP contribution is -2.48. The maximum atomic E-state index is 5.84. The van der Waals surface area contributed by atoms with Crippen molar-refractivity contribution in [2.24, 2.45) is 0 Å². The zero-order chi connectivity index (χ0) is 9.28. The maximum absolute atomic E-state index is 5.84.